The lowest BCUT2D eigenvalue weighted by Gasteiger charge is -2.15. The Kier molecular flexibility index (Phi) is 5.63. The molecule has 2 aromatic carbocycles. The van der Waals surface area contributed by atoms with Crippen molar-refractivity contribution in [3.8, 4) is 0 Å². The Hall–Kier alpha value is -2.87. The van der Waals surface area contributed by atoms with E-state index in [1.54, 1.807) is 11.8 Å². The van der Waals surface area contributed by atoms with Gasteiger partial charge in [-0.15, -0.1) is 11.3 Å². The molecule has 0 spiro atoms. The number of pyridine rings is 1. The quantitative estimate of drug-likeness (QED) is 0.474. The zero-order valence-corrected chi connectivity index (χ0v) is 19.6. The van der Waals surface area contributed by atoms with Crippen LogP contribution in [0.3, 0.4) is 0 Å². The predicted octanol–water partition coefficient (Wildman–Crippen LogP) is 2.50. The number of rotatable bonds is 4. The molecular weight excluding hydrogens is 438 g/mol. The number of anilines is 1. The Morgan fingerprint density at radius 2 is 1.91 bits per heavy atom. The van der Waals surface area contributed by atoms with Crippen LogP contribution in [0.5, 0.6) is 0 Å². The second kappa shape index (κ2) is 8.58. The van der Waals surface area contributed by atoms with Crippen LogP contribution >= 0.6 is 23.1 Å². The van der Waals surface area contributed by atoms with E-state index in [1.165, 1.54) is 27.0 Å². The summed E-state index contributed by atoms with van der Waals surface area (Å²) in [7, 11) is 2.05. The van der Waals surface area contributed by atoms with Crippen molar-refractivity contribution in [3.63, 3.8) is 0 Å². The van der Waals surface area contributed by atoms with Gasteiger partial charge < -0.3 is 10.0 Å². The molecule has 162 valence electrons. The lowest BCUT2D eigenvalue weighted by Crippen LogP contribution is -2.39. The van der Waals surface area contributed by atoms with Crippen molar-refractivity contribution in [1.29, 1.82) is 0 Å². The first-order valence-electron chi connectivity index (χ1n) is 10.6. The van der Waals surface area contributed by atoms with Crippen molar-refractivity contribution < 1.29 is 9.67 Å². The number of hydrogen-bond acceptors (Lipinski definition) is 5. The van der Waals surface area contributed by atoms with Gasteiger partial charge in [0, 0.05) is 42.1 Å². The fourth-order valence-corrected chi connectivity index (χ4v) is 6.64. The smallest absolute Gasteiger partial charge is 0.271 e. The van der Waals surface area contributed by atoms with E-state index in [0.29, 0.717) is 13.1 Å². The molecule has 5 rings (SSSR count). The maximum absolute atomic E-state index is 13.4. The molecule has 3 heterocycles. The molecule has 1 aliphatic rings. The van der Waals surface area contributed by atoms with E-state index in [2.05, 4.69) is 41.3 Å². The summed E-state index contributed by atoms with van der Waals surface area (Å²) < 4.78 is 5.50. The Morgan fingerprint density at radius 3 is 2.72 bits per heavy atom. The Balaban J connectivity index is 1.71. The van der Waals surface area contributed by atoms with Crippen LogP contribution in [-0.4, -0.2) is 23.3 Å². The summed E-state index contributed by atoms with van der Waals surface area (Å²) in [4.78, 5) is 16.7. The normalized spacial score (nSPS) is 15.6. The van der Waals surface area contributed by atoms with Crippen LogP contribution in [0.25, 0.3) is 21.9 Å². The molecule has 0 fully saturated rings. The van der Waals surface area contributed by atoms with E-state index in [9.17, 15) is 9.90 Å². The molecule has 0 bridgehead atoms. The second-order valence-corrected chi connectivity index (χ2v) is 9.67. The Bertz CT molecular complexity index is 1500. The third-order valence-electron chi connectivity index (χ3n) is 5.72. The van der Waals surface area contributed by atoms with Crippen LogP contribution in [0.15, 0.2) is 70.5 Å². The molecule has 0 aliphatic carbocycles. The standard InChI is InChI=1S/C25H24N3O2S2/c1-3-28-21(16-18-9-6-7-13-27(18)14-15-29)32-23(24(28)30)25-26(2)22-19-10-5-4-8-17(19)11-12-20(22)31-25/h4-13,16,29H,3,14-15H2,1-2H3/q+1/b25-23+. The van der Waals surface area contributed by atoms with Crippen molar-refractivity contribution in [2.75, 3.05) is 18.6 Å². The number of thiazole rings is 1. The summed E-state index contributed by atoms with van der Waals surface area (Å²) in [5.41, 5.74) is 2.16. The number of fused-ring (bicyclic) bond motifs is 3. The first kappa shape index (κ1) is 21.0. The number of nitrogens with zero attached hydrogens (tertiary/aromatic N) is 3. The van der Waals surface area contributed by atoms with Gasteiger partial charge in [-0.05, 0) is 24.4 Å². The molecule has 7 heteroatoms. The summed E-state index contributed by atoms with van der Waals surface area (Å²) >= 11 is 3.19. The van der Waals surface area contributed by atoms with Crippen molar-refractivity contribution in [2.24, 2.45) is 0 Å². The first-order valence-corrected chi connectivity index (χ1v) is 12.2. The number of thioether (sulfide) groups is 1. The van der Waals surface area contributed by atoms with E-state index in [-0.39, 0.29) is 12.2 Å². The summed E-state index contributed by atoms with van der Waals surface area (Å²) in [5.74, 6) is 0. The Morgan fingerprint density at radius 1 is 1.09 bits per heavy atom. The fourth-order valence-electron chi connectivity index (χ4n) is 4.16. The van der Waals surface area contributed by atoms with Crippen LogP contribution < -0.4 is 24.2 Å². The molecule has 5 nitrogen and oxygen atoms in total. The largest absolute Gasteiger partial charge is 0.390 e. The number of aromatic nitrogens is 2. The third-order valence-corrected chi connectivity index (χ3v) is 8.19. The highest BCUT2D eigenvalue weighted by Crippen LogP contribution is 2.48. The first-order chi connectivity index (χ1) is 15.6. The molecule has 0 saturated heterocycles. The summed E-state index contributed by atoms with van der Waals surface area (Å²) in [6.45, 7) is 3.18. The van der Waals surface area contributed by atoms with Gasteiger partial charge in [-0.25, -0.2) is 0 Å². The molecule has 0 unspecified atom stereocenters. The van der Waals surface area contributed by atoms with Gasteiger partial charge in [0.25, 0.3) is 5.56 Å². The van der Waals surface area contributed by atoms with Crippen LogP contribution in [0.1, 0.15) is 12.6 Å². The second-order valence-electron chi connectivity index (χ2n) is 7.61. The van der Waals surface area contributed by atoms with Crippen molar-refractivity contribution in [2.45, 2.75) is 24.9 Å². The van der Waals surface area contributed by atoms with Gasteiger partial charge in [0.15, 0.2) is 12.7 Å². The lowest BCUT2D eigenvalue weighted by molar-refractivity contribution is -0.699. The number of benzene rings is 2. The molecular formula is C25H24N3O2S2+. The summed E-state index contributed by atoms with van der Waals surface area (Å²) in [5, 5.41) is 12.8. The molecule has 1 N–H and O–H groups in total. The van der Waals surface area contributed by atoms with E-state index < -0.39 is 0 Å². The van der Waals surface area contributed by atoms with Gasteiger partial charge in [-0.2, -0.15) is 4.57 Å². The lowest BCUT2D eigenvalue weighted by atomic mass is 10.1. The zero-order valence-electron chi connectivity index (χ0n) is 18.0. The minimum atomic E-state index is 0.0415. The minimum absolute atomic E-state index is 0.0415. The fraction of sp³-hybridized carbons (Fsp3) is 0.200. The third kappa shape index (κ3) is 3.46. The molecule has 2 aromatic heterocycles. The van der Waals surface area contributed by atoms with Gasteiger partial charge in [-0.1, -0.05) is 42.1 Å². The number of aliphatic hydroxyl groups excluding tert-OH is 1. The maximum atomic E-state index is 13.4. The molecule has 1 aliphatic heterocycles. The molecule has 32 heavy (non-hydrogen) atoms. The van der Waals surface area contributed by atoms with Gasteiger partial charge >= 0.3 is 0 Å². The van der Waals surface area contributed by atoms with Crippen LogP contribution in [-0.2, 0) is 13.1 Å². The molecule has 0 radical (unpaired) electrons. The maximum Gasteiger partial charge on any atom is 0.271 e. The van der Waals surface area contributed by atoms with Gasteiger partial charge in [0.2, 0.25) is 5.69 Å². The molecule has 0 amide bonds. The van der Waals surface area contributed by atoms with Crippen LogP contribution in [0.2, 0.25) is 0 Å². The van der Waals surface area contributed by atoms with Gasteiger partial charge in [-0.3, -0.25) is 9.36 Å². The summed E-state index contributed by atoms with van der Waals surface area (Å²) in [6, 6.07) is 18.6. The van der Waals surface area contributed by atoms with Crippen molar-refractivity contribution in [1.82, 2.24) is 4.57 Å². The predicted molar refractivity (Wildman–Crippen MR) is 132 cm³/mol. The summed E-state index contributed by atoms with van der Waals surface area (Å²) in [6.07, 6.45) is 3.99. The number of aliphatic hydroxyl groups is 1. The van der Waals surface area contributed by atoms with Gasteiger partial charge in [0.05, 0.1) is 5.69 Å². The monoisotopic (exact) mass is 462 g/mol. The van der Waals surface area contributed by atoms with Crippen molar-refractivity contribution >= 4 is 50.7 Å². The zero-order chi connectivity index (χ0) is 22.2. The average molecular weight is 463 g/mol. The highest BCUT2D eigenvalue weighted by atomic mass is 32.2. The number of hydrogen-bond donors (Lipinski definition) is 1. The SMILES string of the molecule is CCn1c(=O)/c(=C2\Sc3ccc4ccccc4c3N2C)s/c1=C\c1cccc[n+]1CCO. The van der Waals surface area contributed by atoms with E-state index >= 15 is 0 Å². The molecule has 4 aromatic rings. The van der Waals surface area contributed by atoms with Crippen LogP contribution in [0.4, 0.5) is 5.69 Å². The Labute approximate surface area is 194 Å². The minimum Gasteiger partial charge on any atom is -0.390 e. The highest BCUT2D eigenvalue weighted by molar-refractivity contribution is 8.08. The van der Waals surface area contributed by atoms with Crippen LogP contribution in [0, 0.1) is 0 Å². The highest BCUT2D eigenvalue weighted by Gasteiger charge is 2.26. The van der Waals surface area contributed by atoms with E-state index in [0.717, 1.165) is 25.6 Å². The van der Waals surface area contributed by atoms with Crippen molar-refractivity contribution in [3.05, 3.63) is 86.0 Å². The molecule has 0 atom stereocenters. The van der Waals surface area contributed by atoms with Gasteiger partial charge in [0.1, 0.15) is 20.8 Å². The topological polar surface area (TPSA) is 49.4 Å². The average Bonchev–Trinajstić information content (AvgIpc) is 3.31. The van der Waals surface area contributed by atoms with E-state index in [4.69, 9.17) is 0 Å². The molecule has 0 saturated carbocycles. The van der Waals surface area contributed by atoms with E-state index in [1.807, 2.05) is 53.6 Å².